The number of carboxylic acid groups (broad SMARTS) is 1. The van der Waals surface area contributed by atoms with Crippen molar-refractivity contribution in [2.75, 3.05) is 0 Å². The smallest absolute Gasteiger partial charge is 0.343 e. The minimum absolute atomic E-state index is 0.389. The molecule has 0 amide bonds. The Hall–Kier alpha value is -1.16. The van der Waals surface area contributed by atoms with E-state index in [0.717, 1.165) is 4.91 Å². The molecule has 0 spiro atoms. The quantitative estimate of drug-likeness (QED) is 0.731. The van der Waals surface area contributed by atoms with Gasteiger partial charge in [-0.2, -0.15) is 0 Å². The van der Waals surface area contributed by atoms with Crippen LogP contribution in [0.15, 0.2) is 27.7 Å². The van der Waals surface area contributed by atoms with Crippen LogP contribution >= 0.6 is 11.8 Å². The van der Waals surface area contributed by atoms with Gasteiger partial charge >= 0.3 is 5.97 Å². The summed E-state index contributed by atoms with van der Waals surface area (Å²) in [5.74, 6) is -0.228. The van der Waals surface area contributed by atoms with Crippen LogP contribution in [0.5, 0.6) is 0 Å². The Kier molecular flexibility index (Phi) is 1.29. The number of rotatable bonds is 2. The average molecular weight is 168 g/mol. The minimum Gasteiger partial charge on any atom is -0.477 e. The van der Waals surface area contributed by atoms with Crippen molar-refractivity contribution in [3.05, 3.63) is 29.1 Å². The molecule has 1 aliphatic rings. The van der Waals surface area contributed by atoms with Crippen LogP contribution in [0.1, 0.15) is 5.76 Å². The van der Waals surface area contributed by atoms with Crippen LogP contribution in [0.2, 0.25) is 0 Å². The van der Waals surface area contributed by atoms with Crippen LogP contribution in [-0.2, 0) is 4.79 Å². The van der Waals surface area contributed by atoms with Crippen LogP contribution in [0.3, 0.4) is 0 Å². The topological polar surface area (TPSA) is 50.4 Å². The third-order valence-corrected chi connectivity index (χ3v) is 2.30. The molecule has 1 aromatic rings. The molecular formula is C7H4O3S. The van der Waals surface area contributed by atoms with E-state index in [-0.39, 0.29) is 0 Å². The van der Waals surface area contributed by atoms with Gasteiger partial charge in [-0.1, -0.05) is 11.8 Å². The highest BCUT2D eigenvalue weighted by Gasteiger charge is 2.32. The fourth-order valence-electron chi connectivity index (χ4n) is 0.787. The Morgan fingerprint density at radius 2 is 2.45 bits per heavy atom. The molecule has 0 atom stereocenters. The van der Waals surface area contributed by atoms with Crippen molar-refractivity contribution >= 4 is 22.6 Å². The molecule has 2 rings (SSSR count). The first-order chi connectivity index (χ1) is 5.29. The average Bonchev–Trinajstić information content (AvgIpc) is 2.60. The zero-order valence-electron chi connectivity index (χ0n) is 5.40. The molecule has 0 aromatic carbocycles. The Morgan fingerprint density at radius 1 is 1.64 bits per heavy atom. The van der Waals surface area contributed by atoms with Gasteiger partial charge in [0.1, 0.15) is 10.7 Å². The molecule has 0 aliphatic carbocycles. The lowest BCUT2D eigenvalue weighted by Crippen LogP contribution is -1.86. The van der Waals surface area contributed by atoms with Gasteiger partial charge in [-0.25, -0.2) is 4.79 Å². The molecule has 11 heavy (non-hydrogen) atoms. The van der Waals surface area contributed by atoms with Crippen molar-refractivity contribution < 1.29 is 14.3 Å². The molecule has 0 saturated heterocycles. The van der Waals surface area contributed by atoms with E-state index in [9.17, 15) is 4.79 Å². The first-order valence-corrected chi connectivity index (χ1v) is 3.80. The van der Waals surface area contributed by atoms with Gasteiger partial charge in [0.2, 0.25) is 0 Å². The maximum absolute atomic E-state index is 10.3. The van der Waals surface area contributed by atoms with Crippen molar-refractivity contribution in [2.45, 2.75) is 0 Å². The van der Waals surface area contributed by atoms with E-state index in [1.807, 2.05) is 0 Å². The molecule has 4 heteroatoms. The van der Waals surface area contributed by atoms with Crippen LogP contribution < -0.4 is 0 Å². The maximum Gasteiger partial charge on any atom is 0.343 e. The molecule has 0 radical (unpaired) electrons. The normalized spacial score (nSPS) is 15.3. The molecule has 56 valence electrons. The van der Waals surface area contributed by atoms with E-state index >= 15 is 0 Å². The first kappa shape index (κ1) is 6.54. The van der Waals surface area contributed by atoms with Gasteiger partial charge in [-0.15, -0.1) is 0 Å². The van der Waals surface area contributed by atoms with Crippen molar-refractivity contribution in [1.29, 1.82) is 0 Å². The maximum atomic E-state index is 10.3. The lowest BCUT2D eigenvalue weighted by Gasteiger charge is -1.77. The molecule has 0 bridgehead atoms. The van der Waals surface area contributed by atoms with E-state index in [1.54, 1.807) is 12.1 Å². The summed E-state index contributed by atoms with van der Waals surface area (Å²) in [7, 11) is 0. The zero-order chi connectivity index (χ0) is 7.84. The highest BCUT2D eigenvalue weighted by atomic mass is 32.2. The molecular weight excluding hydrogens is 164 g/mol. The molecule has 0 unspecified atom stereocenters. The number of hydrogen-bond acceptors (Lipinski definition) is 3. The third-order valence-electron chi connectivity index (χ3n) is 1.31. The highest BCUT2D eigenvalue weighted by molar-refractivity contribution is 8.20. The molecule has 0 saturated carbocycles. The van der Waals surface area contributed by atoms with E-state index in [2.05, 4.69) is 0 Å². The summed E-state index contributed by atoms with van der Waals surface area (Å²) in [5.41, 5.74) is 0. The van der Waals surface area contributed by atoms with Gasteiger partial charge in [0.05, 0.1) is 11.2 Å². The van der Waals surface area contributed by atoms with Gasteiger partial charge in [0.15, 0.2) is 0 Å². The van der Waals surface area contributed by atoms with Gasteiger partial charge in [0.25, 0.3) is 0 Å². The van der Waals surface area contributed by atoms with Crippen LogP contribution in [0.25, 0.3) is 4.91 Å². The Labute approximate surface area is 66.7 Å². The summed E-state index contributed by atoms with van der Waals surface area (Å²) in [5, 5.41) is 8.50. The lowest BCUT2D eigenvalue weighted by atomic mass is 10.4. The predicted octanol–water partition coefficient (Wildman–Crippen LogP) is 1.78. The number of furan rings is 1. The lowest BCUT2D eigenvalue weighted by molar-refractivity contribution is -0.131. The predicted molar refractivity (Wildman–Crippen MR) is 40.9 cm³/mol. The minimum atomic E-state index is -0.874. The summed E-state index contributed by atoms with van der Waals surface area (Å²) >= 11 is 1.24. The number of hydrogen-bond donors (Lipinski definition) is 1. The van der Waals surface area contributed by atoms with Gasteiger partial charge in [-0.3, -0.25) is 0 Å². The summed E-state index contributed by atoms with van der Waals surface area (Å²) in [4.78, 5) is 11.5. The van der Waals surface area contributed by atoms with Gasteiger partial charge < -0.3 is 9.52 Å². The SMILES string of the molecule is O=C(O)C1=C(c2ccco2)S1. The fraction of sp³-hybridized carbons (Fsp3) is 0. The molecule has 3 nitrogen and oxygen atoms in total. The first-order valence-electron chi connectivity index (χ1n) is 2.98. The molecule has 2 heterocycles. The molecule has 1 aromatic heterocycles. The number of aliphatic carboxylic acids is 1. The second kappa shape index (κ2) is 2.17. The van der Waals surface area contributed by atoms with Crippen LogP contribution in [0, 0.1) is 0 Å². The number of carboxylic acids is 1. The summed E-state index contributed by atoms with van der Waals surface area (Å²) in [6.07, 6.45) is 1.53. The van der Waals surface area contributed by atoms with Crippen molar-refractivity contribution in [2.24, 2.45) is 0 Å². The Bertz CT molecular complexity index is 323. The molecule has 0 fully saturated rings. The second-order valence-corrected chi connectivity index (χ2v) is 3.06. The Balaban J connectivity index is 2.30. The summed E-state index contributed by atoms with van der Waals surface area (Å²) in [6.45, 7) is 0. The molecule has 1 aliphatic heterocycles. The zero-order valence-corrected chi connectivity index (χ0v) is 6.22. The third kappa shape index (κ3) is 1.05. The Morgan fingerprint density at radius 3 is 2.91 bits per heavy atom. The second-order valence-electron chi connectivity index (χ2n) is 2.04. The van der Waals surface area contributed by atoms with Gasteiger partial charge in [-0.05, 0) is 12.1 Å². The largest absolute Gasteiger partial charge is 0.477 e. The standard InChI is InChI=1S/C7H4O3S/c8-7(9)6-5(11-6)4-2-1-3-10-4/h1-3H,(H,8,9). The van der Waals surface area contributed by atoms with Crippen molar-refractivity contribution in [1.82, 2.24) is 0 Å². The highest BCUT2D eigenvalue weighted by Crippen LogP contribution is 2.52. The summed E-state index contributed by atoms with van der Waals surface area (Å²) in [6, 6.07) is 3.49. The monoisotopic (exact) mass is 168 g/mol. The van der Waals surface area contributed by atoms with E-state index in [1.165, 1.54) is 18.0 Å². The van der Waals surface area contributed by atoms with Gasteiger partial charge in [0, 0.05) is 0 Å². The summed E-state index contributed by atoms with van der Waals surface area (Å²) < 4.78 is 5.00. The van der Waals surface area contributed by atoms with Crippen LogP contribution in [-0.4, -0.2) is 11.1 Å². The molecule has 1 N–H and O–H groups in total. The van der Waals surface area contributed by atoms with E-state index in [4.69, 9.17) is 9.52 Å². The van der Waals surface area contributed by atoms with E-state index in [0.29, 0.717) is 10.7 Å². The van der Waals surface area contributed by atoms with Crippen molar-refractivity contribution in [3.63, 3.8) is 0 Å². The fourth-order valence-corrected chi connectivity index (χ4v) is 1.43. The number of carbonyl (C=O) groups is 1. The number of thioether (sulfide) groups is 1. The van der Waals surface area contributed by atoms with Crippen LogP contribution in [0.4, 0.5) is 0 Å². The van der Waals surface area contributed by atoms with Crippen molar-refractivity contribution in [3.8, 4) is 0 Å². The van der Waals surface area contributed by atoms with E-state index < -0.39 is 5.97 Å².